The van der Waals surface area contributed by atoms with Gasteiger partial charge in [0.25, 0.3) is 0 Å². The van der Waals surface area contributed by atoms with E-state index >= 15 is 0 Å². The maximum Gasteiger partial charge on any atom is 0.318 e. The first kappa shape index (κ1) is 15.3. The Kier molecular flexibility index (Phi) is 4.45. The zero-order chi connectivity index (χ0) is 15.6. The van der Waals surface area contributed by atoms with Gasteiger partial charge in [-0.25, -0.2) is 9.18 Å². The predicted molar refractivity (Wildman–Crippen MR) is 78.3 cm³/mol. The Labute approximate surface area is 123 Å². The molecule has 2 atom stereocenters. The highest BCUT2D eigenvalue weighted by atomic mass is 19.1. The van der Waals surface area contributed by atoms with Gasteiger partial charge >= 0.3 is 6.03 Å². The Hall–Kier alpha value is -2.11. The fourth-order valence-electron chi connectivity index (χ4n) is 2.58. The molecule has 1 aromatic rings. The van der Waals surface area contributed by atoms with Gasteiger partial charge in [-0.05, 0) is 18.1 Å². The number of anilines is 1. The van der Waals surface area contributed by atoms with Crippen molar-refractivity contribution in [3.63, 3.8) is 0 Å². The molecular formula is C15H20FN3O2. The third kappa shape index (κ3) is 2.84. The van der Waals surface area contributed by atoms with Gasteiger partial charge in [0, 0.05) is 18.3 Å². The Bertz CT molecular complexity index is 562. The van der Waals surface area contributed by atoms with Gasteiger partial charge < -0.3 is 15.5 Å². The van der Waals surface area contributed by atoms with Gasteiger partial charge in [0.05, 0.1) is 6.54 Å². The number of hydrogen-bond donors (Lipinski definition) is 2. The molecule has 3 amide bonds. The summed E-state index contributed by atoms with van der Waals surface area (Å²) in [6.07, 6.45) is 0.740. The number of halogens is 1. The van der Waals surface area contributed by atoms with Crippen LogP contribution in [0, 0.1) is 11.7 Å². The third-order valence-electron chi connectivity index (χ3n) is 3.97. The number of carbonyl (C=O) groups excluding carboxylic acids is 2. The molecule has 0 saturated carbocycles. The van der Waals surface area contributed by atoms with Crippen molar-refractivity contribution in [1.82, 2.24) is 10.2 Å². The minimum Gasteiger partial charge on any atom is -0.341 e. The summed E-state index contributed by atoms with van der Waals surface area (Å²) in [6.45, 7) is 3.93. The smallest absolute Gasteiger partial charge is 0.318 e. The Morgan fingerprint density at radius 1 is 1.57 bits per heavy atom. The SMILES string of the molecule is CC[C@H](C)[C@H]1C(=O)Nc2cccc(F)c2CN1C(=O)NC. The van der Waals surface area contributed by atoms with E-state index in [1.165, 1.54) is 18.0 Å². The number of rotatable bonds is 2. The van der Waals surface area contributed by atoms with Gasteiger partial charge in [0.2, 0.25) is 5.91 Å². The van der Waals surface area contributed by atoms with Gasteiger partial charge in [0.1, 0.15) is 11.9 Å². The lowest BCUT2D eigenvalue weighted by atomic mass is 9.97. The van der Waals surface area contributed by atoms with Gasteiger partial charge in [-0.2, -0.15) is 0 Å². The normalized spacial score (nSPS) is 19.3. The van der Waals surface area contributed by atoms with Gasteiger partial charge in [-0.3, -0.25) is 4.79 Å². The first-order valence-electron chi connectivity index (χ1n) is 7.06. The van der Waals surface area contributed by atoms with Crippen LogP contribution >= 0.6 is 0 Å². The van der Waals surface area contributed by atoms with Crippen molar-refractivity contribution in [2.45, 2.75) is 32.9 Å². The van der Waals surface area contributed by atoms with E-state index in [1.54, 1.807) is 12.1 Å². The number of benzene rings is 1. The maximum atomic E-state index is 14.0. The van der Waals surface area contributed by atoms with E-state index in [2.05, 4.69) is 10.6 Å². The second kappa shape index (κ2) is 6.11. The zero-order valence-electron chi connectivity index (χ0n) is 12.4. The van der Waals surface area contributed by atoms with E-state index < -0.39 is 11.9 Å². The molecule has 0 spiro atoms. The summed E-state index contributed by atoms with van der Waals surface area (Å²) in [6, 6.07) is 3.52. The first-order valence-corrected chi connectivity index (χ1v) is 7.06. The summed E-state index contributed by atoms with van der Waals surface area (Å²) in [5, 5.41) is 5.26. The molecule has 1 aromatic carbocycles. The molecule has 0 aromatic heterocycles. The molecule has 0 fully saturated rings. The van der Waals surface area contributed by atoms with Crippen molar-refractivity contribution in [3.05, 3.63) is 29.6 Å². The van der Waals surface area contributed by atoms with Crippen LogP contribution in [0.3, 0.4) is 0 Å². The quantitative estimate of drug-likeness (QED) is 0.879. The lowest BCUT2D eigenvalue weighted by molar-refractivity contribution is -0.121. The fraction of sp³-hybridized carbons (Fsp3) is 0.467. The highest BCUT2D eigenvalue weighted by molar-refractivity contribution is 5.98. The number of fused-ring (bicyclic) bond motifs is 1. The van der Waals surface area contributed by atoms with Crippen molar-refractivity contribution >= 4 is 17.6 Å². The molecule has 0 aliphatic carbocycles. The summed E-state index contributed by atoms with van der Waals surface area (Å²) in [5.41, 5.74) is 0.764. The van der Waals surface area contributed by atoms with Crippen LogP contribution in [-0.4, -0.2) is 29.9 Å². The maximum absolute atomic E-state index is 14.0. The molecular weight excluding hydrogens is 273 g/mol. The lowest BCUT2D eigenvalue weighted by Gasteiger charge is -2.31. The lowest BCUT2D eigenvalue weighted by Crippen LogP contribution is -2.51. The van der Waals surface area contributed by atoms with E-state index in [1.807, 2.05) is 13.8 Å². The summed E-state index contributed by atoms with van der Waals surface area (Å²) in [5.74, 6) is -0.733. The van der Waals surface area contributed by atoms with Crippen molar-refractivity contribution in [2.24, 2.45) is 5.92 Å². The zero-order valence-corrected chi connectivity index (χ0v) is 12.4. The fourth-order valence-corrected chi connectivity index (χ4v) is 2.58. The van der Waals surface area contributed by atoms with E-state index in [9.17, 15) is 14.0 Å². The minimum absolute atomic E-state index is 0.0281. The number of nitrogens with one attached hydrogen (secondary N) is 2. The van der Waals surface area contributed by atoms with Crippen LogP contribution in [0.2, 0.25) is 0 Å². The number of urea groups is 1. The monoisotopic (exact) mass is 293 g/mol. The summed E-state index contributed by atoms with van der Waals surface area (Å²) >= 11 is 0. The van der Waals surface area contributed by atoms with Crippen molar-refractivity contribution in [3.8, 4) is 0 Å². The van der Waals surface area contributed by atoms with Crippen molar-refractivity contribution in [1.29, 1.82) is 0 Å². The number of carbonyl (C=O) groups is 2. The van der Waals surface area contributed by atoms with E-state index in [0.29, 0.717) is 11.3 Å². The molecule has 0 radical (unpaired) electrons. The summed E-state index contributed by atoms with van der Waals surface area (Å²) in [7, 11) is 1.50. The molecule has 1 aliphatic heterocycles. The molecule has 1 heterocycles. The van der Waals surface area contributed by atoms with Gasteiger partial charge in [-0.15, -0.1) is 0 Å². The Morgan fingerprint density at radius 2 is 2.29 bits per heavy atom. The molecule has 0 unspecified atom stereocenters. The van der Waals surface area contributed by atoms with Crippen LogP contribution in [0.5, 0.6) is 0 Å². The van der Waals surface area contributed by atoms with E-state index in [-0.39, 0.29) is 24.4 Å². The predicted octanol–water partition coefficient (Wildman–Crippen LogP) is 2.33. The molecule has 2 N–H and O–H groups in total. The van der Waals surface area contributed by atoms with Crippen LogP contribution < -0.4 is 10.6 Å². The molecule has 6 heteroatoms. The number of hydrogen-bond acceptors (Lipinski definition) is 2. The van der Waals surface area contributed by atoms with Crippen molar-refractivity contribution < 1.29 is 14.0 Å². The molecule has 21 heavy (non-hydrogen) atoms. The van der Waals surface area contributed by atoms with Crippen LogP contribution in [0.1, 0.15) is 25.8 Å². The van der Waals surface area contributed by atoms with Crippen LogP contribution in [0.25, 0.3) is 0 Å². The third-order valence-corrected chi connectivity index (χ3v) is 3.97. The molecule has 1 aliphatic rings. The van der Waals surface area contributed by atoms with Crippen LogP contribution in [0.4, 0.5) is 14.9 Å². The number of nitrogens with zero attached hydrogens (tertiary/aromatic N) is 1. The minimum atomic E-state index is -0.623. The highest BCUT2D eigenvalue weighted by Gasteiger charge is 2.37. The second-order valence-electron chi connectivity index (χ2n) is 5.27. The summed E-state index contributed by atoms with van der Waals surface area (Å²) < 4.78 is 14.0. The average molecular weight is 293 g/mol. The largest absolute Gasteiger partial charge is 0.341 e. The van der Waals surface area contributed by atoms with Gasteiger partial charge in [0.15, 0.2) is 0 Å². The molecule has 5 nitrogen and oxygen atoms in total. The topological polar surface area (TPSA) is 61.4 Å². The standard InChI is InChI=1S/C15H20FN3O2/c1-4-9(2)13-14(20)18-12-7-5-6-11(16)10(12)8-19(13)15(21)17-3/h5-7,9,13H,4,8H2,1-3H3,(H,17,21)(H,18,20)/t9-,13-/m0/s1. The average Bonchev–Trinajstić information content (AvgIpc) is 2.62. The van der Waals surface area contributed by atoms with Crippen molar-refractivity contribution in [2.75, 3.05) is 12.4 Å². The number of amides is 3. The Morgan fingerprint density at radius 3 is 2.90 bits per heavy atom. The second-order valence-corrected chi connectivity index (χ2v) is 5.27. The van der Waals surface area contributed by atoms with Crippen LogP contribution in [0.15, 0.2) is 18.2 Å². The van der Waals surface area contributed by atoms with Crippen LogP contribution in [-0.2, 0) is 11.3 Å². The summed E-state index contributed by atoms with van der Waals surface area (Å²) in [4.78, 5) is 26.0. The molecule has 2 rings (SSSR count). The van der Waals surface area contributed by atoms with E-state index in [4.69, 9.17) is 0 Å². The Balaban J connectivity index is 2.49. The molecule has 0 saturated heterocycles. The first-order chi connectivity index (χ1) is 9.99. The highest BCUT2D eigenvalue weighted by Crippen LogP contribution is 2.28. The molecule has 114 valence electrons. The molecule has 0 bridgehead atoms. The van der Waals surface area contributed by atoms with E-state index in [0.717, 1.165) is 6.42 Å². The van der Waals surface area contributed by atoms with Gasteiger partial charge in [-0.1, -0.05) is 26.3 Å².